The van der Waals surface area contributed by atoms with Gasteiger partial charge in [0.05, 0.1) is 25.2 Å². The summed E-state index contributed by atoms with van der Waals surface area (Å²) in [4.78, 5) is 4.56. The van der Waals surface area contributed by atoms with Gasteiger partial charge in [0.15, 0.2) is 0 Å². The maximum atomic E-state index is 12.9. The summed E-state index contributed by atoms with van der Waals surface area (Å²) >= 11 is 0. The molecular weight excluding hydrogens is 402 g/mol. The van der Waals surface area contributed by atoms with E-state index in [2.05, 4.69) is 33.9 Å². The highest BCUT2D eigenvalue weighted by Crippen LogP contribution is 2.25. The number of hydrogen-bond acceptors (Lipinski definition) is 6. The minimum atomic E-state index is -3.64. The Bertz CT molecular complexity index is 939. The Labute approximate surface area is 179 Å². The summed E-state index contributed by atoms with van der Waals surface area (Å²) in [6.45, 7) is 4.95. The van der Waals surface area contributed by atoms with Crippen LogP contribution < -0.4 is 14.4 Å². The maximum Gasteiger partial charge on any atom is 0.240 e. The maximum absolute atomic E-state index is 12.9. The highest BCUT2D eigenvalue weighted by Gasteiger charge is 2.25. The van der Waals surface area contributed by atoms with Crippen LogP contribution in [0.15, 0.2) is 47.4 Å². The van der Waals surface area contributed by atoms with Crippen molar-refractivity contribution in [3.8, 4) is 5.75 Å². The summed E-state index contributed by atoms with van der Waals surface area (Å²) in [6, 6.07) is 13.1. The topological polar surface area (TPSA) is 71.1 Å². The van der Waals surface area contributed by atoms with Crippen LogP contribution in [0.5, 0.6) is 5.75 Å². The molecular formula is C22H31N3O4S. The van der Waals surface area contributed by atoms with Crippen molar-refractivity contribution < 1.29 is 17.9 Å². The second-order valence-electron chi connectivity index (χ2n) is 7.63. The third kappa shape index (κ3) is 5.31. The summed E-state index contributed by atoms with van der Waals surface area (Å²) in [6.07, 6.45) is 0. The van der Waals surface area contributed by atoms with Gasteiger partial charge in [0.2, 0.25) is 10.0 Å². The Balaban J connectivity index is 1.81. The Hall–Kier alpha value is -2.13. The van der Waals surface area contributed by atoms with E-state index in [9.17, 15) is 8.42 Å². The van der Waals surface area contributed by atoms with Gasteiger partial charge >= 0.3 is 0 Å². The molecule has 1 fully saturated rings. The SMILES string of the molecule is COc1ccc(S(=O)(=O)NC[C@@H](c2ccc(N(C)C)cc2)N2CCOCC2)cc1C. The second kappa shape index (κ2) is 9.78. The van der Waals surface area contributed by atoms with E-state index in [4.69, 9.17) is 9.47 Å². The molecule has 0 aliphatic carbocycles. The van der Waals surface area contributed by atoms with Gasteiger partial charge in [0.25, 0.3) is 0 Å². The average molecular weight is 434 g/mol. The van der Waals surface area contributed by atoms with Gasteiger partial charge in [-0.1, -0.05) is 12.1 Å². The summed E-state index contributed by atoms with van der Waals surface area (Å²) in [5.74, 6) is 0.668. The first-order chi connectivity index (χ1) is 14.3. The zero-order valence-corrected chi connectivity index (χ0v) is 18.9. The van der Waals surface area contributed by atoms with Crippen LogP contribution in [0.1, 0.15) is 17.2 Å². The first-order valence-electron chi connectivity index (χ1n) is 10.0. The molecule has 0 saturated carbocycles. The van der Waals surface area contributed by atoms with Crippen LogP contribution in [0.3, 0.4) is 0 Å². The number of nitrogens with zero attached hydrogens (tertiary/aromatic N) is 2. The molecule has 1 aliphatic rings. The van der Waals surface area contributed by atoms with E-state index in [1.807, 2.05) is 25.9 Å². The fourth-order valence-corrected chi connectivity index (χ4v) is 4.75. The standard InChI is InChI=1S/C22H31N3O4S/c1-17-15-20(9-10-22(17)28-4)30(26,27)23-16-21(25-11-13-29-14-12-25)18-5-7-19(8-6-18)24(2)3/h5-10,15,21,23H,11-14,16H2,1-4H3/t21-/m0/s1. The van der Waals surface area contributed by atoms with Gasteiger partial charge in [-0.25, -0.2) is 13.1 Å². The van der Waals surface area contributed by atoms with Crippen LogP contribution in [0.2, 0.25) is 0 Å². The van der Waals surface area contributed by atoms with E-state index in [-0.39, 0.29) is 17.5 Å². The van der Waals surface area contributed by atoms with Crippen molar-refractivity contribution in [3.63, 3.8) is 0 Å². The zero-order valence-electron chi connectivity index (χ0n) is 18.1. The van der Waals surface area contributed by atoms with Crippen LogP contribution in [0, 0.1) is 6.92 Å². The number of benzene rings is 2. The fourth-order valence-electron chi connectivity index (χ4n) is 3.63. The summed E-state index contributed by atoms with van der Waals surface area (Å²) < 4.78 is 39.4. The van der Waals surface area contributed by atoms with Crippen molar-refractivity contribution in [2.75, 3.05) is 59.0 Å². The molecule has 7 nitrogen and oxygen atoms in total. The van der Waals surface area contributed by atoms with Crippen molar-refractivity contribution >= 4 is 15.7 Å². The quantitative estimate of drug-likeness (QED) is 0.690. The van der Waals surface area contributed by atoms with Gasteiger partial charge in [0.1, 0.15) is 5.75 Å². The van der Waals surface area contributed by atoms with E-state index >= 15 is 0 Å². The Kier molecular flexibility index (Phi) is 7.36. The third-order valence-electron chi connectivity index (χ3n) is 5.42. The fraction of sp³-hybridized carbons (Fsp3) is 0.455. The van der Waals surface area contributed by atoms with Gasteiger partial charge in [-0.05, 0) is 48.4 Å². The molecule has 0 amide bonds. The Morgan fingerprint density at radius 3 is 2.37 bits per heavy atom. The van der Waals surface area contributed by atoms with Gasteiger partial charge in [0, 0.05) is 45.5 Å². The van der Waals surface area contributed by atoms with Crippen molar-refractivity contribution in [1.82, 2.24) is 9.62 Å². The molecule has 2 aromatic carbocycles. The Morgan fingerprint density at radius 2 is 1.80 bits per heavy atom. The summed E-state index contributed by atoms with van der Waals surface area (Å²) in [5.41, 5.74) is 2.97. The molecule has 0 radical (unpaired) electrons. The van der Waals surface area contributed by atoms with E-state index < -0.39 is 10.0 Å². The summed E-state index contributed by atoms with van der Waals surface area (Å²) in [5, 5.41) is 0. The van der Waals surface area contributed by atoms with E-state index in [1.165, 1.54) is 0 Å². The third-order valence-corrected chi connectivity index (χ3v) is 6.85. The Morgan fingerprint density at radius 1 is 1.13 bits per heavy atom. The molecule has 8 heteroatoms. The predicted molar refractivity (Wildman–Crippen MR) is 119 cm³/mol. The minimum absolute atomic E-state index is 0.0702. The van der Waals surface area contributed by atoms with Crippen LogP contribution in [-0.2, 0) is 14.8 Å². The molecule has 164 valence electrons. The number of ether oxygens (including phenoxy) is 2. The number of morpholine rings is 1. The molecule has 1 saturated heterocycles. The van der Waals surface area contributed by atoms with Gasteiger partial charge in [-0.3, -0.25) is 4.90 Å². The number of nitrogens with one attached hydrogen (secondary N) is 1. The van der Waals surface area contributed by atoms with Gasteiger partial charge in [-0.2, -0.15) is 0 Å². The molecule has 0 spiro atoms. The number of rotatable bonds is 8. The monoisotopic (exact) mass is 433 g/mol. The number of sulfonamides is 1. The lowest BCUT2D eigenvalue weighted by Crippen LogP contribution is -2.43. The number of hydrogen-bond donors (Lipinski definition) is 1. The lowest BCUT2D eigenvalue weighted by molar-refractivity contribution is 0.0172. The molecule has 0 bridgehead atoms. The lowest BCUT2D eigenvalue weighted by atomic mass is 10.0. The molecule has 1 atom stereocenters. The average Bonchev–Trinajstić information content (AvgIpc) is 2.75. The largest absolute Gasteiger partial charge is 0.496 e. The molecule has 2 aromatic rings. The van der Waals surface area contributed by atoms with Crippen molar-refractivity contribution in [2.24, 2.45) is 0 Å². The van der Waals surface area contributed by atoms with Crippen LogP contribution in [-0.4, -0.2) is 67.4 Å². The number of aryl methyl sites for hydroxylation is 1. The molecule has 1 heterocycles. The molecule has 0 unspecified atom stereocenters. The van der Waals surface area contributed by atoms with E-state index in [0.717, 1.165) is 29.9 Å². The molecule has 0 aromatic heterocycles. The molecule has 1 N–H and O–H groups in total. The van der Waals surface area contributed by atoms with Gasteiger partial charge < -0.3 is 14.4 Å². The van der Waals surface area contributed by atoms with Crippen LogP contribution >= 0.6 is 0 Å². The zero-order chi connectivity index (χ0) is 21.7. The first-order valence-corrected chi connectivity index (χ1v) is 11.5. The van der Waals surface area contributed by atoms with Gasteiger partial charge in [-0.15, -0.1) is 0 Å². The van der Waals surface area contributed by atoms with E-state index in [1.54, 1.807) is 25.3 Å². The first kappa shape index (κ1) is 22.6. The normalized spacial score (nSPS) is 16.3. The smallest absolute Gasteiger partial charge is 0.240 e. The highest BCUT2D eigenvalue weighted by atomic mass is 32.2. The highest BCUT2D eigenvalue weighted by molar-refractivity contribution is 7.89. The molecule has 3 rings (SSSR count). The number of methoxy groups -OCH3 is 1. The second-order valence-corrected chi connectivity index (χ2v) is 9.40. The minimum Gasteiger partial charge on any atom is -0.496 e. The molecule has 30 heavy (non-hydrogen) atoms. The summed E-state index contributed by atoms with van der Waals surface area (Å²) in [7, 11) is 1.93. The van der Waals surface area contributed by atoms with E-state index in [0.29, 0.717) is 19.0 Å². The lowest BCUT2D eigenvalue weighted by Gasteiger charge is -2.35. The van der Waals surface area contributed by atoms with Crippen LogP contribution in [0.4, 0.5) is 5.69 Å². The number of anilines is 1. The van der Waals surface area contributed by atoms with Crippen molar-refractivity contribution in [1.29, 1.82) is 0 Å². The van der Waals surface area contributed by atoms with Crippen molar-refractivity contribution in [3.05, 3.63) is 53.6 Å². The van der Waals surface area contributed by atoms with Crippen molar-refractivity contribution in [2.45, 2.75) is 17.9 Å². The predicted octanol–water partition coefficient (Wildman–Crippen LogP) is 2.42. The molecule has 1 aliphatic heterocycles. The van der Waals surface area contributed by atoms with Crippen LogP contribution in [0.25, 0.3) is 0 Å².